The summed E-state index contributed by atoms with van der Waals surface area (Å²) < 4.78 is 5.73. The Bertz CT molecular complexity index is 169. The number of piperidine rings is 1. The van der Waals surface area contributed by atoms with Crippen molar-refractivity contribution in [3.8, 4) is 0 Å². The summed E-state index contributed by atoms with van der Waals surface area (Å²) in [6.07, 6.45) is 1.82. The second-order valence-corrected chi connectivity index (χ2v) is 4.50. The molecule has 2 heteroatoms. The van der Waals surface area contributed by atoms with E-state index in [-0.39, 0.29) is 0 Å². The Morgan fingerprint density at radius 3 is 2.83 bits per heavy atom. The predicted molar refractivity (Wildman–Crippen MR) is 49.2 cm³/mol. The van der Waals surface area contributed by atoms with E-state index in [4.69, 9.17) is 4.74 Å². The van der Waals surface area contributed by atoms with Crippen LogP contribution in [0, 0.1) is 5.92 Å². The molecule has 0 unspecified atom stereocenters. The Hall–Kier alpha value is -0.0800. The van der Waals surface area contributed by atoms with Crippen LogP contribution in [0.2, 0.25) is 0 Å². The molecule has 2 nitrogen and oxygen atoms in total. The van der Waals surface area contributed by atoms with Crippen molar-refractivity contribution in [3.63, 3.8) is 0 Å². The fourth-order valence-electron chi connectivity index (χ4n) is 2.55. The molecule has 2 aliphatic heterocycles. The topological polar surface area (TPSA) is 12.5 Å². The molecule has 0 aliphatic carbocycles. The first-order chi connectivity index (χ1) is 5.68. The van der Waals surface area contributed by atoms with Crippen LogP contribution in [0.3, 0.4) is 0 Å². The van der Waals surface area contributed by atoms with E-state index in [9.17, 15) is 0 Å². The first-order valence-electron chi connectivity index (χ1n) is 5.06. The lowest BCUT2D eigenvalue weighted by Crippen LogP contribution is -2.49. The molecule has 0 N–H and O–H groups in total. The molecule has 2 aliphatic rings. The number of nitrogens with zero attached hydrogens (tertiary/aromatic N) is 1. The molecule has 0 aromatic heterocycles. The number of ether oxygens (including phenoxy) is 1. The summed E-state index contributed by atoms with van der Waals surface area (Å²) >= 11 is 0. The van der Waals surface area contributed by atoms with Crippen molar-refractivity contribution >= 4 is 0 Å². The van der Waals surface area contributed by atoms with Crippen molar-refractivity contribution in [2.45, 2.75) is 45.4 Å². The van der Waals surface area contributed by atoms with Gasteiger partial charge in [-0.25, -0.2) is 0 Å². The Morgan fingerprint density at radius 1 is 1.42 bits per heavy atom. The van der Waals surface area contributed by atoms with E-state index < -0.39 is 0 Å². The average molecular weight is 169 g/mol. The zero-order chi connectivity index (χ0) is 8.72. The van der Waals surface area contributed by atoms with Gasteiger partial charge in [-0.05, 0) is 33.1 Å². The van der Waals surface area contributed by atoms with E-state index >= 15 is 0 Å². The summed E-state index contributed by atoms with van der Waals surface area (Å²) in [4.78, 5) is 2.58. The standard InChI is InChI=1S/C10H19NO/c1-7(2)11-5-9-4-10(8(11)3)12-6-9/h7-10H,4-6H2,1-3H3/t8-,9+,10-/m1/s1. The first kappa shape index (κ1) is 8.52. The molecule has 2 rings (SSSR count). The molecular weight excluding hydrogens is 150 g/mol. The van der Waals surface area contributed by atoms with Gasteiger partial charge in [0.2, 0.25) is 0 Å². The first-order valence-corrected chi connectivity index (χ1v) is 5.06. The summed E-state index contributed by atoms with van der Waals surface area (Å²) in [6.45, 7) is 9.10. The van der Waals surface area contributed by atoms with Crippen LogP contribution in [0.25, 0.3) is 0 Å². The van der Waals surface area contributed by atoms with Gasteiger partial charge < -0.3 is 4.74 Å². The van der Waals surface area contributed by atoms with Crippen molar-refractivity contribution in [1.82, 2.24) is 4.90 Å². The van der Waals surface area contributed by atoms with Crippen LogP contribution in [0.4, 0.5) is 0 Å². The molecule has 0 radical (unpaired) electrons. The fourth-order valence-corrected chi connectivity index (χ4v) is 2.55. The summed E-state index contributed by atoms with van der Waals surface area (Å²) in [7, 11) is 0. The number of hydrogen-bond donors (Lipinski definition) is 0. The smallest absolute Gasteiger partial charge is 0.0731 e. The molecule has 0 amide bonds. The zero-order valence-electron chi connectivity index (χ0n) is 8.29. The van der Waals surface area contributed by atoms with Crippen LogP contribution in [0.1, 0.15) is 27.2 Å². The lowest BCUT2D eigenvalue weighted by Gasteiger charge is -2.39. The van der Waals surface area contributed by atoms with E-state index in [1.165, 1.54) is 13.0 Å². The van der Waals surface area contributed by atoms with Gasteiger partial charge in [-0.15, -0.1) is 0 Å². The van der Waals surface area contributed by atoms with Crippen molar-refractivity contribution in [1.29, 1.82) is 0 Å². The van der Waals surface area contributed by atoms with E-state index in [2.05, 4.69) is 25.7 Å². The molecule has 70 valence electrons. The van der Waals surface area contributed by atoms with Gasteiger partial charge in [0.15, 0.2) is 0 Å². The SMILES string of the molecule is CC(C)N1C[C@H]2CO[C@H](C2)[C@H]1C. The maximum atomic E-state index is 5.73. The minimum Gasteiger partial charge on any atom is -0.376 e. The summed E-state index contributed by atoms with van der Waals surface area (Å²) in [6, 6.07) is 1.30. The number of rotatable bonds is 1. The quantitative estimate of drug-likeness (QED) is 0.590. The van der Waals surface area contributed by atoms with Gasteiger partial charge in [0.1, 0.15) is 0 Å². The van der Waals surface area contributed by atoms with E-state index in [0.717, 1.165) is 12.5 Å². The summed E-state index contributed by atoms with van der Waals surface area (Å²) in [5.41, 5.74) is 0. The van der Waals surface area contributed by atoms with Gasteiger partial charge in [-0.1, -0.05) is 0 Å². The van der Waals surface area contributed by atoms with Gasteiger partial charge in [-0.2, -0.15) is 0 Å². The van der Waals surface area contributed by atoms with Gasteiger partial charge in [0.25, 0.3) is 0 Å². The van der Waals surface area contributed by atoms with Gasteiger partial charge >= 0.3 is 0 Å². The fraction of sp³-hybridized carbons (Fsp3) is 1.00. The monoisotopic (exact) mass is 169 g/mol. The van der Waals surface area contributed by atoms with Gasteiger partial charge in [0.05, 0.1) is 12.7 Å². The maximum absolute atomic E-state index is 5.73. The highest BCUT2D eigenvalue weighted by atomic mass is 16.5. The molecular formula is C10H19NO. The minimum atomic E-state index is 0.520. The van der Waals surface area contributed by atoms with Crippen LogP contribution in [0.15, 0.2) is 0 Å². The van der Waals surface area contributed by atoms with Crippen LogP contribution in [0.5, 0.6) is 0 Å². The van der Waals surface area contributed by atoms with Crippen molar-refractivity contribution < 1.29 is 4.74 Å². The van der Waals surface area contributed by atoms with Crippen LogP contribution < -0.4 is 0 Å². The average Bonchev–Trinajstić information content (AvgIpc) is 2.41. The Balaban J connectivity index is 2.07. The van der Waals surface area contributed by atoms with E-state index in [0.29, 0.717) is 18.2 Å². The van der Waals surface area contributed by atoms with Gasteiger partial charge in [0, 0.05) is 18.6 Å². The predicted octanol–water partition coefficient (Wildman–Crippen LogP) is 1.50. The molecule has 2 bridgehead atoms. The summed E-state index contributed by atoms with van der Waals surface area (Å²) in [5, 5.41) is 0. The second kappa shape index (κ2) is 3.00. The Morgan fingerprint density at radius 2 is 2.17 bits per heavy atom. The minimum absolute atomic E-state index is 0.520. The molecule has 2 heterocycles. The maximum Gasteiger partial charge on any atom is 0.0731 e. The zero-order valence-corrected chi connectivity index (χ0v) is 8.29. The highest BCUT2D eigenvalue weighted by molar-refractivity contribution is 4.91. The largest absolute Gasteiger partial charge is 0.376 e. The molecule has 0 aromatic rings. The third kappa shape index (κ3) is 1.27. The molecule has 3 atom stereocenters. The van der Waals surface area contributed by atoms with Crippen molar-refractivity contribution in [3.05, 3.63) is 0 Å². The molecule has 2 saturated heterocycles. The molecule has 2 fully saturated rings. The third-order valence-corrected chi connectivity index (χ3v) is 3.31. The molecule has 0 saturated carbocycles. The summed E-state index contributed by atoms with van der Waals surface area (Å²) in [5.74, 6) is 0.814. The molecule has 12 heavy (non-hydrogen) atoms. The van der Waals surface area contributed by atoms with Crippen LogP contribution in [-0.2, 0) is 4.74 Å². The van der Waals surface area contributed by atoms with Gasteiger partial charge in [-0.3, -0.25) is 4.90 Å². The Labute approximate surface area is 74.9 Å². The second-order valence-electron chi connectivity index (χ2n) is 4.50. The normalized spacial score (nSPS) is 42.5. The number of likely N-dealkylation sites (tertiary alicyclic amines) is 1. The molecule has 0 spiro atoms. The van der Waals surface area contributed by atoms with Crippen molar-refractivity contribution in [2.75, 3.05) is 13.2 Å². The van der Waals surface area contributed by atoms with Crippen LogP contribution >= 0.6 is 0 Å². The van der Waals surface area contributed by atoms with E-state index in [1.54, 1.807) is 0 Å². The highest BCUT2D eigenvalue weighted by Gasteiger charge is 2.39. The van der Waals surface area contributed by atoms with Crippen molar-refractivity contribution in [2.24, 2.45) is 5.92 Å². The van der Waals surface area contributed by atoms with Crippen LogP contribution in [-0.4, -0.2) is 36.2 Å². The lowest BCUT2D eigenvalue weighted by molar-refractivity contribution is 0.0239. The lowest BCUT2D eigenvalue weighted by atomic mass is 9.93. The van der Waals surface area contributed by atoms with E-state index in [1.807, 2.05) is 0 Å². The Kier molecular flexibility index (Phi) is 2.13. The number of fused-ring (bicyclic) bond motifs is 2. The highest BCUT2D eigenvalue weighted by Crippen LogP contribution is 2.32. The third-order valence-electron chi connectivity index (χ3n) is 3.31. The number of hydrogen-bond acceptors (Lipinski definition) is 2. The molecule has 0 aromatic carbocycles.